The summed E-state index contributed by atoms with van der Waals surface area (Å²) in [6, 6.07) is 57.2. The fraction of sp³-hybridized carbons (Fsp3) is 0.0962. The van der Waals surface area contributed by atoms with Crippen LogP contribution in [0.25, 0.3) is 83.9 Å². The second kappa shape index (κ2) is 14.5. The molecule has 0 aliphatic heterocycles. The summed E-state index contributed by atoms with van der Waals surface area (Å²) in [5.41, 5.74) is 16.0. The molecule has 0 unspecified atom stereocenters. The van der Waals surface area contributed by atoms with E-state index in [9.17, 15) is 5.11 Å². The van der Waals surface area contributed by atoms with E-state index < -0.39 is 0 Å². The van der Waals surface area contributed by atoms with Gasteiger partial charge in [-0.25, -0.2) is 9.97 Å². The lowest BCUT2D eigenvalue weighted by molar-refractivity contribution is 0.453. The number of aryl methyl sites for hydroxylation is 1. The molecule has 5 nitrogen and oxygen atoms in total. The topological polar surface area (TPSA) is 63.8 Å². The summed E-state index contributed by atoms with van der Waals surface area (Å²) in [5.74, 6) is 0.573. The van der Waals surface area contributed by atoms with Crippen LogP contribution < -0.4 is 0 Å². The number of aromatic nitrogens is 4. The Hall–Kier alpha value is -7.11. The van der Waals surface area contributed by atoms with E-state index in [-0.39, 0.29) is 11.3 Å². The molecule has 9 aromatic rings. The van der Waals surface area contributed by atoms with Crippen LogP contribution in [0.3, 0.4) is 0 Å². The largest absolute Gasteiger partial charge is 0.493 e. The van der Waals surface area contributed by atoms with Gasteiger partial charge in [0.05, 0.1) is 22.3 Å². The molecular formula is C52H42N4O. The van der Waals surface area contributed by atoms with Crippen LogP contribution in [-0.2, 0) is 5.41 Å². The molecule has 0 amide bonds. The number of imidazole rings is 1. The maximum absolute atomic E-state index is 11.3. The number of hydrogen-bond acceptors (Lipinski definition) is 4. The van der Waals surface area contributed by atoms with Crippen LogP contribution >= 0.6 is 0 Å². The molecule has 0 atom stereocenters. The Labute approximate surface area is 333 Å². The van der Waals surface area contributed by atoms with Crippen LogP contribution in [0, 0.1) is 6.92 Å². The molecule has 1 N–H and O–H groups in total. The van der Waals surface area contributed by atoms with Gasteiger partial charge < -0.3 is 5.11 Å². The van der Waals surface area contributed by atoms with Gasteiger partial charge in [-0.3, -0.25) is 9.55 Å². The van der Waals surface area contributed by atoms with Crippen molar-refractivity contribution in [1.82, 2.24) is 19.5 Å². The molecule has 0 bridgehead atoms. The van der Waals surface area contributed by atoms with E-state index in [1.165, 1.54) is 11.1 Å². The van der Waals surface area contributed by atoms with Crippen molar-refractivity contribution in [3.8, 4) is 78.7 Å². The first-order chi connectivity index (χ1) is 27.7. The molecule has 0 fully saturated rings. The highest BCUT2D eigenvalue weighted by atomic mass is 16.3. The third-order valence-corrected chi connectivity index (χ3v) is 10.7. The lowest BCUT2D eigenvalue weighted by atomic mass is 9.87. The molecular weight excluding hydrogens is 697 g/mol. The molecule has 0 saturated heterocycles. The van der Waals surface area contributed by atoms with E-state index in [4.69, 9.17) is 9.97 Å². The highest BCUT2D eigenvalue weighted by Crippen LogP contribution is 2.41. The van der Waals surface area contributed by atoms with E-state index in [0.717, 1.165) is 72.5 Å². The Morgan fingerprint density at radius 2 is 1.09 bits per heavy atom. The van der Waals surface area contributed by atoms with Crippen molar-refractivity contribution in [3.05, 3.63) is 187 Å². The minimum absolute atomic E-state index is 0.0543. The van der Waals surface area contributed by atoms with Crippen LogP contribution in [0.15, 0.2) is 176 Å². The molecule has 9 rings (SSSR count). The van der Waals surface area contributed by atoms with Crippen molar-refractivity contribution in [2.45, 2.75) is 33.1 Å². The van der Waals surface area contributed by atoms with Crippen molar-refractivity contribution in [2.75, 3.05) is 0 Å². The van der Waals surface area contributed by atoms with E-state index in [1.54, 1.807) is 6.20 Å². The zero-order valence-corrected chi connectivity index (χ0v) is 32.5. The Morgan fingerprint density at radius 3 is 1.77 bits per heavy atom. The van der Waals surface area contributed by atoms with Crippen LogP contribution in [0.2, 0.25) is 0 Å². The zero-order valence-electron chi connectivity index (χ0n) is 32.5. The van der Waals surface area contributed by atoms with Gasteiger partial charge in [0, 0.05) is 29.2 Å². The standard InChI is InChI=1S/C52H42N4O/c1-34-32-53-47(31-45(34)38-25-23-37(24-26-38)35-15-8-5-9-16-35)41-28-39(36-17-10-6-11-18-36)27-40(29-41)44-21-14-22-48-49(44)55-50(56(48)43-19-12-7-13-20-43)46-30-42(52(2,3)4)33-54-51(46)57/h5-33H,1-4H3,(H,54,57). The molecule has 0 radical (unpaired) electrons. The first-order valence-corrected chi connectivity index (χ1v) is 19.3. The molecule has 0 spiro atoms. The lowest BCUT2D eigenvalue weighted by Crippen LogP contribution is -2.12. The lowest BCUT2D eigenvalue weighted by Gasteiger charge is -2.19. The fourth-order valence-corrected chi connectivity index (χ4v) is 7.58. The zero-order chi connectivity index (χ0) is 39.1. The Balaban J connectivity index is 1.23. The minimum Gasteiger partial charge on any atom is -0.493 e. The fourth-order valence-electron chi connectivity index (χ4n) is 7.58. The first-order valence-electron chi connectivity index (χ1n) is 19.3. The molecule has 0 aliphatic carbocycles. The number of benzene rings is 6. The maximum atomic E-state index is 11.3. The molecule has 6 aromatic carbocycles. The van der Waals surface area contributed by atoms with Gasteiger partial charge in [0.1, 0.15) is 0 Å². The predicted molar refractivity (Wildman–Crippen MR) is 234 cm³/mol. The second-order valence-electron chi connectivity index (χ2n) is 15.6. The van der Waals surface area contributed by atoms with Crippen LogP contribution in [0.4, 0.5) is 0 Å². The monoisotopic (exact) mass is 738 g/mol. The van der Waals surface area contributed by atoms with Crippen molar-refractivity contribution in [3.63, 3.8) is 0 Å². The van der Waals surface area contributed by atoms with E-state index in [1.807, 2.05) is 42.6 Å². The molecule has 0 aliphatic rings. The third-order valence-electron chi connectivity index (χ3n) is 10.7. The Kier molecular flexibility index (Phi) is 9.06. The van der Waals surface area contributed by atoms with E-state index in [2.05, 4.69) is 165 Å². The highest BCUT2D eigenvalue weighted by Gasteiger charge is 2.24. The first kappa shape index (κ1) is 35.6. The normalized spacial score (nSPS) is 11.6. The summed E-state index contributed by atoms with van der Waals surface area (Å²) in [5, 5.41) is 11.3. The number of rotatable bonds is 7. The number of hydrogen-bond donors (Lipinski definition) is 1. The van der Waals surface area contributed by atoms with Gasteiger partial charge in [-0.2, -0.15) is 0 Å². The van der Waals surface area contributed by atoms with Crippen molar-refractivity contribution in [2.24, 2.45) is 0 Å². The summed E-state index contributed by atoms with van der Waals surface area (Å²) >= 11 is 0. The van der Waals surface area contributed by atoms with Gasteiger partial charge in [-0.05, 0) is 111 Å². The predicted octanol–water partition coefficient (Wildman–Crippen LogP) is 13.1. The molecule has 276 valence electrons. The van der Waals surface area contributed by atoms with E-state index in [0.29, 0.717) is 11.4 Å². The van der Waals surface area contributed by atoms with Crippen LogP contribution in [0.1, 0.15) is 31.9 Å². The molecule has 3 aromatic heterocycles. The SMILES string of the molecule is Cc1cnc(-c2cc(-c3ccccc3)cc(-c3cccc4c3nc(-c3cc(C(C)(C)C)cnc3O)n4-c3ccccc3)c2)cc1-c1ccc(-c2ccccc2)cc1. The van der Waals surface area contributed by atoms with Crippen LogP contribution in [-0.4, -0.2) is 24.6 Å². The maximum Gasteiger partial charge on any atom is 0.222 e. The number of fused-ring (bicyclic) bond motifs is 1. The summed E-state index contributed by atoms with van der Waals surface area (Å²) in [6.07, 6.45) is 3.73. The van der Waals surface area contributed by atoms with Crippen LogP contribution in [0.5, 0.6) is 5.88 Å². The second-order valence-corrected chi connectivity index (χ2v) is 15.6. The number of nitrogens with zero attached hydrogens (tertiary/aromatic N) is 4. The quantitative estimate of drug-likeness (QED) is 0.177. The smallest absolute Gasteiger partial charge is 0.222 e. The number of aromatic hydroxyl groups is 1. The highest BCUT2D eigenvalue weighted by molar-refractivity contribution is 5.97. The summed E-state index contributed by atoms with van der Waals surface area (Å²) in [6.45, 7) is 8.56. The van der Waals surface area contributed by atoms with Gasteiger partial charge in [-0.1, -0.05) is 136 Å². The number of pyridine rings is 2. The molecule has 57 heavy (non-hydrogen) atoms. The van der Waals surface area contributed by atoms with Gasteiger partial charge in [0.2, 0.25) is 5.88 Å². The molecule has 3 heterocycles. The summed E-state index contributed by atoms with van der Waals surface area (Å²) in [7, 11) is 0. The van der Waals surface area contributed by atoms with Crippen molar-refractivity contribution >= 4 is 11.0 Å². The van der Waals surface area contributed by atoms with E-state index >= 15 is 0 Å². The summed E-state index contributed by atoms with van der Waals surface area (Å²) < 4.78 is 2.13. The average Bonchev–Trinajstić information content (AvgIpc) is 3.64. The van der Waals surface area contributed by atoms with Gasteiger partial charge in [0.15, 0.2) is 5.82 Å². The van der Waals surface area contributed by atoms with Crippen molar-refractivity contribution < 1.29 is 5.11 Å². The third kappa shape index (κ3) is 6.89. The minimum atomic E-state index is -0.173. The Bertz CT molecular complexity index is 2870. The number of para-hydroxylation sites is 2. The molecule has 5 heteroatoms. The Morgan fingerprint density at radius 1 is 0.491 bits per heavy atom. The van der Waals surface area contributed by atoms with Gasteiger partial charge in [-0.15, -0.1) is 0 Å². The average molecular weight is 739 g/mol. The summed E-state index contributed by atoms with van der Waals surface area (Å²) in [4.78, 5) is 14.8. The van der Waals surface area contributed by atoms with Gasteiger partial charge >= 0.3 is 0 Å². The molecule has 0 saturated carbocycles. The van der Waals surface area contributed by atoms with Crippen molar-refractivity contribution in [1.29, 1.82) is 0 Å². The van der Waals surface area contributed by atoms with Gasteiger partial charge in [0.25, 0.3) is 0 Å².